The Morgan fingerprint density at radius 2 is 1.91 bits per heavy atom. The van der Waals surface area contributed by atoms with Gasteiger partial charge >= 0.3 is 13.7 Å². The predicted octanol–water partition coefficient (Wildman–Crippen LogP) is 5.72. The summed E-state index contributed by atoms with van der Waals surface area (Å²) in [6, 6.07) is 12.2. The van der Waals surface area contributed by atoms with Gasteiger partial charge in [-0.25, -0.2) is 9.55 Å². The molecule has 3 N–H and O–H groups in total. The number of carbonyl (C=O) groups is 1. The molecule has 2 aromatic carbocycles. The molecule has 1 saturated carbocycles. The van der Waals surface area contributed by atoms with Gasteiger partial charge in [-0.2, -0.15) is 15.1 Å². The van der Waals surface area contributed by atoms with Crippen LogP contribution < -0.4 is 20.1 Å². The number of nitrogens with zero attached hydrogens (tertiary/aromatic N) is 4. The van der Waals surface area contributed by atoms with Crippen molar-refractivity contribution < 1.29 is 32.6 Å². The summed E-state index contributed by atoms with van der Waals surface area (Å²) < 4.78 is 46.4. The zero-order valence-electron chi connectivity index (χ0n) is 26.7. The highest BCUT2D eigenvalue weighted by Crippen LogP contribution is 2.49. The van der Waals surface area contributed by atoms with Gasteiger partial charge in [-0.15, -0.1) is 0 Å². The molecule has 13 nitrogen and oxygen atoms in total. The van der Waals surface area contributed by atoms with Crippen molar-refractivity contribution in [3.63, 3.8) is 0 Å². The van der Waals surface area contributed by atoms with Crippen LogP contribution in [0.15, 0.2) is 42.5 Å². The van der Waals surface area contributed by atoms with E-state index in [1.807, 2.05) is 68.7 Å². The van der Waals surface area contributed by atoms with Crippen molar-refractivity contribution in [2.45, 2.75) is 77.9 Å². The molecule has 2 aliphatic rings. The maximum Gasteiger partial charge on any atom is 0.459 e. The quantitative estimate of drug-likeness (QED) is 0.142. The molecule has 46 heavy (non-hydrogen) atoms. The van der Waals surface area contributed by atoms with Crippen molar-refractivity contribution in [3.8, 4) is 11.6 Å². The van der Waals surface area contributed by atoms with Crippen LogP contribution >= 0.6 is 7.75 Å². The molecule has 6 rings (SSSR count). The fourth-order valence-electron chi connectivity index (χ4n) is 5.91. The Hall–Kier alpha value is -3.77. The number of imidazole rings is 1. The smallest absolute Gasteiger partial charge is 0.459 e. The molecule has 0 amide bonds. The Bertz CT molecular complexity index is 1770. The van der Waals surface area contributed by atoms with Gasteiger partial charge in [0, 0.05) is 11.3 Å². The van der Waals surface area contributed by atoms with E-state index in [4.69, 9.17) is 29.0 Å². The first-order valence-corrected chi connectivity index (χ1v) is 17.2. The van der Waals surface area contributed by atoms with E-state index in [0.29, 0.717) is 29.2 Å². The number of nitrogens with one attached hydrogen (secondary N) is 1. The van der Waals surface area contributed by atoms with E-state index >= 15 is 0 Å². The van der Waals surface area contributed by atoms with Gasteiger partial charge in [0.1, 0.15) is 29.9 Å². The average Bonchev–Trinajstić information content (AvgIpc) is 3.53. The number of nitrogen functional groups attached to an aromatic ring is 1. The Kier molecular flexibility index (Phi) is 9.20. The van der Waals surface area contributed by atoms with E-state index in [1.165, 1.54) is 7.11 Å². The Balaban J connectivity index is 1.25. The molecule has 1 saturated heterocycles. The predicted molar refractivity (Wildman–Crippen MR) is 172 cm³/mol. The zero-order valence-corrected chi connectivity index (χ0v) is 27.6. The van der Waals surface area contributed by atoms with Crippen LogP contribution in [0.1, 0.15) is 58.5 Å². The van der Waals surface area contributed by atoms with E-state index in [2.05, 4.69) is 20.0 Å². The number of methoxy groups -OCH3 is 1. The summed E-state index contributed by atoms with van der Waals surface area (Å²) in [6.45, 7) is 7.55. The number of hydrogen-bond donors (Lipinski definition) is 2. The minimum atomic E-state index is -4.16. The van der Waals surface area contributed by atoms with E-state index in [0.717, 1.165) is 30.0 Å². The van der Waals surface area contributed by atoms with E-state index < -0.39 is 32.1 Å². The first-order valence-electron chi connectivity index (χ1n) is 15.7. The number of fused-ring (bicyclic) bond motifs is 2. The molecule has 3 heterocycles. The SMILES string of the molecule is COc1nc(N)nc2c1nc(C)n2C1OC(COP(=O)(NC(C(=O)OC2CCC2)C(C)C)Oc2cccc3ccccc23)CC1C. The van der Waals surface area contributed by atoms with Crippen molar-refractivity contribution in [2.24, 2.45) is 11.8 Å². The van der Waals surface area contributed by atoms with Crippen LogP contribution in [0, 0.1) is 18.8 Å². The number of ether oxygens (including phenoxy) is 3. The van der Waals surface area contributed by atoms with Gasteiger partial charge in [0.2, 0.25) is 11.8 Å². The number of aryl methyl sites for hydroxylation is 1. The summed E-state index contributed by atoms with van der Waals surface area (Å²) >= 11 is 0. The molecule has 0 bridgehead atoms. The van der Waals surface area contributed by atoms with Crippen LogP contribution in [0.4, 0.5) is 5.95 Å². The maximum atomic E-state index is 14.6. The van der Waals surface area contributed by atoms with Gasteiger partial charge in [-0.1, -0.05) is 57.2 Å². The normalized spacial score (nSPS) is 22.1. The number of hydrogen-bond acceptors (Lipinski definition) is 11. The maximum absolute atomic E-state index is 14.6. The van der Waals surface area contributed by atoms with Crippen molar-refractivity contribution >= 4 is 41.6 Å². The highest BCUT2D eigenvalue weighted by molar-refractivity contribution is 7.52. The van der Waals surface area contributed by atoms with Gasteiger partial charge in [-0.05, 0) is 50.0 Å². The largest absolute Gasteiger partial charge is 0.479 e. The lowest BCUT2D eigenvalue weighted by Gasteiger charge is -2.31. The number of anilines is 1. The van der Waals surface area contributed by atoms with Crippen LogP contribution in [0.25, 0.3) is 21.9 Å². The molecule has 14 heteroatoms. The van der Waals surface area contributed by atoms with Crippen LogP contribution in [-0.4, -0.2) is 57.5 Å². The topological polar surface area (TPSA) is 162 Å². The van der Waals surface area contributed by atoms with Crippen LogP contribution in [0.5, 0.6) is 11.6 Å². The number of aromatic nitrogens is 4. The van der Waals surface area contributed by atoms with Crippen molar-refractivity contribution in [1.82, 2.24) is 24.6 Å². The summed E-state index contributed by atoms with van der Waals surface area (Å²) in [6.07, 6.45) is 2.23. The molecule has 1 aliphatic heterocycles. The molecule has 4 aromatic rings. The first kappa shape index (κ1) is 32.2. The van der Waals surface area contributed by atoms with Gasteiger partial charge in [0.05, 0.1) is 19.8 Å². The van der Waals surface area contributed by atoms with E-state index in [-0.39, 0.29) is 36.4 Å². The van der Waals surface area contributed by atoms with Gasteiger partial charge in [0.25, 0.3) is 0 Å². The minimum absolute atomic E-state index is 0.0130. The zero-order chi connectivity index (χ0) is 32.6. The highest BCUT2D eigenvalue weighted by atomic mass is 31.2. The Labute approximate surface area is 267 Å². The summed E-state index contributed by atoms with van der Waals surface area (Å²) in [5.74, 6) is 0.648. The second-order valence-electron chi connectivity index (χ2n) is 12.4. The lowest BCUT2D eigenvalue weighted by atomic mass is 9.96. The highest BCUT2D eigenvalue weighted by Gasteiger charge is 2.41. The third-order valence-electron chi connectivity index (χ3n) is 8.55. The van der Waals surface area contributed by atoms with Crippen molar-refractivity contribution in [2.75, 3.05) is 19.5 Å². The fourth-order valence-corrected chi connectivity index (χ4v) is 7.61. The third-order valence-corrected chi connectivity index (χ3v) is 10.1. The second kappa shape index (κ2) is 13.2. The second-order valence-corrected chi connectivity index (χ2v) is 14.1. The summed E-state index contributed by atoms with van der Waals surface area (Å²) in [5, 5.41) is 4.62. The average molecular weight is 653 g/mol. The summed E-state index contributed by atoms with van der Waals surface area (Å²) in [5.41, 5.74) is 6.94. The standard InChI is InChI=1S/C32H41N6O7P/c1-18(2)26(31(39)44-22-12-9-13-22)37-46(40,45-25-15-8-11-21-10-6-7-14-24(21)25)42-17-23-16-19(3)30(43-23)38-20(4)34-27-28(38)35-32(33)36-29(27)41-5/h6-8,10-11,14-15,18-19,22-23,26,30H,9,12-13,16-17H2,1-5H3,(H,37,40)(H2,33,35,36). The van der Waals surface area contributed by atoms with Gasteiger partial charge in [0.15, 0.2) is 11.2 Å². The lowest BCUT2D eigenvalue weighted by Crippen LogP contribution is -2.44. The first-order chi connectivity index (χ1) is 22.0. The number of esters is 1. The van der Waals surface area contributed by atoms with E-state index in [1.54, 1.807) is 6.07 Å². The molecule has 0 radical (unpaired) electrons. The number of rotatable bonds is 12. The molecule has 0 spiro atoms. The Morgan fingerprint density at radius 1 is 1.15 bits per heavy atom. The monoisotopic (exact) mass is 652 g/mol. The summed E-state index contributed by atoms with van der Waals surface area (Å²) in [4.78, 5) is 26.4. The van der Waals surface area contributed by atoms with Crippen LogP contribution in [-0.2, 0) is 23.4 Å². The van der Waals surface area contributed by atoms with Crippen molar-refractivity contribution in [3.05, 3.63) is 48.3 Å². The number of nitrogens with two attached hydrogens (primary N) is 1. The molecule has 1 aliphatic carbocycles. The van der Waals surface area contributed by atoms with Gasteiger partial charge < -0.3 is 24.5 Å². The summed E-state index contributed by atoms with van der Waals surface area (Å²) in [7, 11) is -2.66. The van der Waals surface area contributed by atoms with E-state index in [9.17, 15) is 9.36 Å². The molecule has 246 valence electrons. The number of carbonyl (C=O) groups excluding carboxylic acids is 1. The lowest BCUT2D eigenvalue weighted by molar-refractivity contribution is -0.156. The van der Waals surface area contributed by atoms with Gasteiger partial charge in [-0.3, -0.25) is 13.9 Å². The number of benzene rings is 2. The molecular weight excluding hydrogens is 611 g/mol. The fraction of sp³-hybridized carbons (Fsp3) is 0.500. The third kappa shape index (κ3) is 6.55. The molecule has 2 aromatic heterocycles. The van der Waals surface area contributed by atoms with Crippen LogP contribution in [0.2, 0.25) is 0 Å². The molecule has 5 atom stereocenters. The van der Waals surface area contributed by atoms with Crippen molar-refractivity contribution in [1.29, 1.82) is 0 Å². The Morgan fingerprint density at radius 3 is 2.63 bits per heavy atom. The minimum Gasteiger partial charge on any atom is -0.479 e. The van der Waals surface area contributed by atoms with Crippen LogP contribution in [0.3, 0.4) is 0 Å². The molecular formula is C32H41N6O7P. The molecule has 5 unspecified atom stereocenters. The molecule has 2 fully saturated rings.